The third-order valence-corrected chi connectivity index (χ3v) is 4.98. The van der Waals surface area contributed by atoms with Gasteiger partial charge in [-0.15, -0.1) is 0 Å². The van der Waals surface area contributed by atoms with E-state index in [-0.39, 0.29) is 0 Å². The highest BCUT2D eigenvalue weighted by Crippen LogP contribution is 2.30. The molecule has 1 N–H and O–H groups in total. The van der Waals surface area contributed by atoms with Crippen molar-refractivity contribution in [3.05, 3.63) is 0 Å². The smallest absolute Gasteiger partial charge is 0.157 e. The Kier molecular flexibility index (Phi) is 4.56. The summed E-state index contributed by atoms with van der Waals surface area (Å²) >= 11 is 1.92. The monoisotopic (exact) mass is 240 g/mol. The van der Waals surface area contributed by atoms with Crippen LogP contribution in [0.5, 0.6) is 0 Å². The molecule has 2 rings (SSSR count). The molecule has 0 amide bonds. The van der Waals surface area contributed by atoms with Crippen molar-refractivity contribution >= 4 is 16.9 Å². The minimum Gasteiger partial charge on any atom is -0.361 e. The van der Waals surface area contributed by atoms with Crippen molar-refractivity contribution < 1.29 is 0 Å². The van der Waals surface area contributed by atoms with Crippen molar-refractivity contribution in [1.29, 1.82) is 0 Å². The maximum Gasteiger partial charge on any atom is 0.157 e. The van der Waals surface area contributed by atoms with E-state index in [2.05, 4.69) is 19.2 Å². The minimum absolute atomic E-state index is 0.601. The van der Waals surface area contributed by atoms with Gasteiger partial charge in [-0.2, -0.15) is 0 Å². The van der Waals surface area contributed by atoms with Crippen molar-refractivity contribution in [1.82, 2.24) is 5.32 Å². The molecule has 0 bridgehead atoms. The predicted molar refractivity (Wildman–Crippen MR) is 73.1 cm³/mol. The topological polar surface area (TPSA) is 24.4 Å². The molecular weight excluding hydrogens is 216 g/mol. The quantitative estimate of drug-likeness (QED) is 0.817. The van der Waals surface area contributed by atoms with E-state index in [0.29, 0.717) is 12.1 Å². The molecule has 0 radical (unpaired) electrons. The lowest BCUT2D eigenvalue weighted by Crippen LogP contribution is -2.29. The van der Waals surface area contributed by atoms with Gasteiger partial charge in [-0.3, -0.25) is 4.99 Å². The summed E-state index contributed by atoms with van der Waals surface area (Å²) in [5.74, 6) is 2.04. The van der Waals surface area contributed by atoms with E-state index in [9.17, 15) is 0 Å². The molecule has 16 heavy (non-hydrogen) atoms. The second-order valence-electron chi connectivity index (χ2n) is 5.01. The van der Waals surface area contributed by atoms with Crippen LogP contribution in [0.15, 0.2) is 4.99 Å². The molecule has 1 saturated heterocycles. The predicted octanol–water partition coefficient (Wildman–Crippen LogP) is 3.43. The number of hydrogen-bond acceptors (Lipinski definition) is 2. The molecule has 2 nitrogen and oxygen atoms in total. The molecule has 1 heterocycles. The normalized spacial score (nSPS) is 37.6. The molecule has 0 aromatic rings. The van der Waals surface area contributed by atoms with Crippen LogP contribution in [0.2, 0.25) is 0 Å². The second-order valence-corrected chi connectivity index (χ2v) is 6.02. The Morgan fingerprint density at radius 1 is 1.25 bits per heavy atom. The molecular formula is C13H24N2S. The first-order valence-corrected chi connectivity index (χ1v) is 7.79. The molecule has 3 heteroatoms. The number of amidine groups is 1. The van der Waals surface area contributed by atoms with E-state index in [0.717, 1.165) is 5.92 Å². The van der Waals surface area contributed by atoms with Gasteiger partial charge in [0.05, 0.1) is 6.04 Å². The van der Waals surface area contributed by atoms with Crippen molar-refractivity contribution in [2.24, 2.45) is 10.9 Å². The number of nitrogens with one attached hydrogen (secondary N) is 1. The minimum atomic E-state index is 0.601. The first-order chi connectivity index (χ1) is 7.83. The van der Waals surface area contributed by atoms with E-state index < -0.39 is 0 Å². The third-order valence-electron chi connectivity index (χ3n) is 3.92. The van der Waals surface area contributed by atoms with Crippen molar-refractivity contribution in [3.63, 3.8) is 0 Å². The first-order valence-electron chi connectivity index (χ1n) is 6.80. The highest BCUT2D eigenvalue weighted by Gasteiger charge is 2.25. The van der Waals surface area contributed by atoms with Crippen molar-refractivity contribution in [2.45, 2.75) is 64.5 Å². The molecule has 92 valence electrons. The molecule has 3 atom stereocenters. The van der Waals surface area contributed by atoms with Crippen LogP contribution in [0, 0.1) is 5.92 Å². The van der Waals surface area contributed by atoms with E-state index in [4.69, 9.17) is 4.99 Å². The average Bonchev–Trinajstić information content (AvgIpc) is 2.77. The highest BCUT2D eigenvalue weighted by atomic mass is 32.2. The lowest BCUT2D eigenvalue weighted by atomic mass is 9.83. The van der Waals surface area contributed by atoms with Gasteiger partial charge in [-0.1, -0.05) is 44.9 Å². The molecule has 1 aliphatic heterocycles. The molecule has 0 spiro atoms. The Bertz CT molecular complexity index is 252. The zero-order chi connectivity index (χ0) is 11.4. The fourth-order valence-corrected chi connectivity index (χ4v) is 3.85. The Labute approximate surface area is 104 Å². The van der Waals surface area contributed by atoms with Gasteiger partial charge in [0, 0.05) is 11.8 Å². The van der Waals surface area contributed by atoms with Crippen LogP contribution in [-0.4, -0.2) is 23.0 Å². The summed E-state index contributed by atoms with van der Waals surface area (Å²) in [5, 5.41) is 4.77. The van der Waals surface area contributed by atoms with Crippen LogP contribution in [0.25, 0.3) is 0 Å². The summed E-state index contributed by atoms with van der Waals surface area (Å²) in [4.78, 5) is 4.95. The summed E-state index contributed by atoms with van der Waals surface area (Å²) in [7, 11) is 0. The van der Waals surface area contributed by atoms with Crippen LogP contribution in [0.1, 0.15) is 52.4 Å². The molecule has 0 aromatic carbocycles. The Hall–Kier alpha value is -0.180. The SMILES string of the molecule is CCC1CSC(=NC2CCCCC2CC)N1. The lowest BCUT2D eigenvalue weighted by Gasteiger charge is -2.28. The molecule has 1 saturated carbocycles. The summed E-state index contributed by atoms with van der Waals surface area (Å²) in [5.41, 5.74) is 0. The Morgan fingerprint density at radius 3 is 2.75 bits per heavy atom. The van der Waals surface area contributed by atoms with E-state index >= 15 is 0 Å². The van der Waals surface area contributed by atoms with E-state index in [1.54, 1.807) is 0 Å². The summed E-state index contributed by atoms with van der Waals surface area (Å²) in [6.45, 7) is 4.56. The molecule has 2 aliphatic rings. The maximum absolute atomic E-state index is 4.95. The Balaban J connectivity index is 1.94. The van der Waals surface area contributed by atoms with E-state index in [1.165, 1.54) is 49.4 Å². The first kappa shape index (κ1) is 12.3. The van der Waals surface area contributed by atoms with Gasteiger partial charge in [0.1, 0.15) is 0 Å². The van der Waals surface area contributed by atoms with Gasteiger partial charge in [-0.05, 0) is 25.2 Å². The zero-order valence-corrected chi connectivity index (χ0v) is 11.4. The van der Waals surface area contributed by atoms with Gasteiger partial charge >= 0.3 is 0 Å². The lowest BCUT2D eigenvalue weighted by molar-refractivity contribution is 0.302. The average molecular weight is 240 g/mol. The third kappa shape index (κ3) is 2.93. The van der Waals surface area contributed by atoms with Crippen molar-refractivity contribution in [2.75, 3.05) is 5.75 Å². The van der Waals surface area contributed by atoms with Gasteiger partial charge in [0.2, 0.25) is 0 Å². The standard InChI is InChI=1S/C13H24N2S/c1-3-10-7-5-6-8-12(10)15-13-14-11(4-2)9-16-13/h10-12H,3-9H2,1-2H3,(H,14,15). The van der Waals surface area contributed by atoms with E-state index in [1.807, 2.05) is 11.8 Å². The van der Waals surface area contributed by atoms with Gasteiger partial charge in [0.25, 0.3) is 0 Å². The maximum atomic E-state index is 4.95. The van der Waals surface area contributed by atoms with Crippen LogP contribution in [0.3, 0.4) is 0 Å². The second kappa shape index (κ2) is 5.95. The highest BCUT2D eigenvalue weighted by molar-refractivity contribution is 8.14. The number of aliphatic imine (C=N–C) groups is 1. The van der Waals surface area contributed by atoms with Crippen LogP contribution < -0.4 is 5.32 Å². The van der Waals surface area contributed by atoms with Gasteiger partial charge < -0.3 is 5.32 Å². The molecule has 1 aliphatic carbocycles. The summed E-state index contributed by atoms with van der Waals surface area (Å²) in [6, 6.07) is 1.26. The fraction of sp³-hybridized carbons (Fsp3) is 0.923. The fourth-order valence-electron chi connectivity index (χ4n) is 2.72. The van der Waals surface area contributed by atoms with Gasteiger partial charge in [0.15, 0.2) is 5.17 Å². The summed E-state index contributed by atoms with van der Waals surface area (Å²) < 4.78 is 0. The largest absolute Gasteiger partial charge is 0.361 e. The number of thioether (sulfide) groups is 1. The van der Waals surface area contributed by atoms with Gasteiger partial charge in [-0.25, -0.2) is 0 Å². The number of rotatable bonds is 3. The zero-order valence-electron chi connectivity index (χ0n) is 10.5. The van der Waals surface area contributed by atoms with Crippen LogP contribution in [-0.2, 0) is 0 Å². The molecule has 2 fully saturated rings. The number of nitrogens with zero attached hydrogens (tertiary/aromatic N) is 1. The van der Waals surface area contributed by atoms with Crippen molar-refractivity contribution in [3.8, 4) is 0 Å². The number of hydrogen-bond donors (Lipinski definition) is 1. The molecule has 3 unspecified atom stereocenters. The molecule has 0 aromatic heterocycles. The van der Waals surface area contributed by atoms with Crippen LogP contribution in [0.4, 0.5) is 0 Å². The summed E-state index contributed by atoms with van der Waals surface area (Å²) in [6.07, 6.45) is 8.00. The van der Waals surface area contributed by atoms with Crippen LogP contribution >= 0.6 is 11.8 Å². The Morgan fingerprint density at radius 2 is 2.06 bits per heavy atom.